The second-order valence-corrected chi connectivity index (χ2v) is 3.27. The maximum absolute atomic E-state index is 10.7. The third-order valence-corrected chi connectivity index (χ3v) is 2.57. The molecule has 2 N–H and O–H groups in total. The van der Waals surface area contributed by atoms with E-state index in [1.54, 1.807) is 0 Å². The van der Waals surface area contributed by atoms with Gasteiger partial charge in [0, 0.05) is 5.92 Å². The van der Waals surface area contributed by atoms with Gasteiger partial charge in [-0.05, 0) is 12.8 Å². The number of carbonyl (C=O) groups is 1. The molecule has 1 rings (SSSR count). The summed E-state index contributed by atoms with van der Waals surface area (Å²) in [7, 11) is 0. The highest BCUT2D eigenvalue weighted by Crippen LogP contribution is 2.34. The Balaban J connectivity index is 2.63. The average Bonchev–Trinajstić information content (AvgIpc) is 2.50. The van der Waals surface area contributed by atoms with Crippen molar-refractivity contribution in [3.05, 3.63) is 12.7 Å². The maximum Gasteiger partial charge on any atom is 0.306 e. The Hall–Kier alpha value is -0.830. The van der Waals surface area contributed by atoms with Crippen molar-refractivity contribution in [2.75, 3.05) is 0 Å². The molecular formula is C9H14O3. The van der Waals surface area contributed by atoms with Gasteiger partial charge in [0.15, 0.2) is 0 Å². The van der Waals surface area contributed by atoms with Gasteiger partial charge in [0.2, 0.25) is 0 Å². The van der Waals surface area contributed by atoms with Gasteiger partial charge in [-0.15, -0.1) is 6.58 Å². The van der Waals surface area contributed by atoms with Crippen molar-refractivity contribution >= 4 is 5.97 Å². The summed E-state index contributed by atoms with van der Waals surface area (Å²) in [6.45, 7) is 3.46. The van der Waals surface area contributed by atoms with Gasteiger partial charge >= 0.3 is 5.97 Å². The number of aliphatic hydroxyl groups excluding tert-OH is 1. The molecule has 3 nitrogen and oxygen atoms in total. The minimum absolute atomic E-state index is 0.125. The van der Waals surface area contributed by atoms with Gasteiger partial charge in [0.1, 0.15) is 0 Å². The van der Waals surface area contributed by atoms with Crippen LogP contribution < -0.4 is 0 Å². The Kier molecular flexibility index (Phi) is 2.87. The molecule has 1 aliphatic carbocycles. The molecule has 3 atom stereocenters. The van der Waals surface area contributed by atoms with Gasteiger partial charge in [-0.2, -0.15) is 0 Å². The van der Waals surface area contributed by atoms with E-state index < -0.39 is 12.1 Å². The molecule has 0 saturated heterocycles. The summed E-state index contributed by atoms with van der Waals surface area (Å²) in [5, 5.41) is 18.2. The molecule has 0 radical (unpaired) electrons. The zero-order valence-corrected chi connectivity index (χ0v) is 6.94. The van der Waals surface area contributed by atoms with Gasteiger partial charge < -0.3 is 10.2 Å². The first-order valence-corrected chi connectivity index (χ1v) is 4.20. The van der Waals surface area contributed by atoms with Crippen LogP contribution in [-0.4, -0.2) is 22.3 Å². The van der Waals surface area contributed by atoms with Gasteiger partial charge in [-0.1, -0.05) is 12.5 Å². The normalized spacial score (nSPS) is 31.4. The van der Waals surface area contributed by atoms with Crippen molar-refractivity contribution in [1.29, 1.82) is 0 Å². The Morgan fingerprint density at radius 3 is 2.75 bits per heavy atom. The smallest absolute Gasteiger partial charge is 0.306 e. The van der Waals surface area contributed by atoms with Crippen LogP contribution >= 0.6 is 0 Å². The average molecular weight is 170 g/mol. The van der Waals surface area contributed by atoms with Crippen LogP contribution in [0.2, 0.25) is 0 Å². The summed E-state index contributed by atoms with van der Waals surface area (Å²) < 4.78 is 0. The molecule has 1 saturated carbocycles. The van der Waals surface area contributed by atoms with Gasteiger partial charge in [-0.3, -0.25) is 4.79 Å². The lowest BCUT2D eigenvalue weighted by Crippen LogP contribution is -2.27. The lowest BCUT2D eigenvalue weighted by molar-refractivity contribution is -0.144. The van der Waals surface area contributed by atoms with Crippen molar-refractivity contribution in [1.82, 2.24) is 0 Å². The second-order valence-electron chi connectivity index (χ2n) is 3.27. The predicted octanol–water partition coefficient (Wildman–Crippen LogP) is 1.03. The van der Waals surface area contributed by atoms with E-state index in [1.807, 2.05) is 0 Å². The van der Waals surface area contributed by atoms with E-state index in [-0.39, 0.29) is 11.8 Å². The lowest BCUT2D eigenvalue weighted by atomic mass is 9.91. The molecular weight excluding hydrogens is 156 g/mol. The zero-order chi connectivity index (χ0) is 9.14. The molecule has 0 aromatic rings. The SMILES string of the molecule is C=CC(O)[C@H]1CCC[C@@H]1C(=O)O. The molecule has 1 unspecified atom stereocenters. The Labute approximate surface area is 71.7 Å². The van der Waals surface area contributed by atoms with E-state index >= 15 is 0 Å². The zero-order valence-electron chi connectivity index (χ0n) is 6.94. The Morgan fingerprint density at radius 2 is 2.25 bits per heavy atom. The molecule has 0 heterocycles. The number of carboxylic acid groups (broad SMARTS) is 1. The molecule has 0 aromatic heterocycles. The van der Waals surface area contributed by atoms with Crippen LogP contribution in [-0.2, 0) is 4.79 Å². The number of aliphatic hydroxyl groups is 1. The van der Waals surface area contributed by atoms with Gasteiger partial charge in [0.05, 0.1) is 12.0 Å². The highest BCUT2D eigenvalue weighted by molar-refractivity contribution is 5.70. The Morgan fingerprint density at radius 1 is 1.58 bits per heavy atom. The quantitative estimate of drug-likeness (QED) is 0.622. The molecule has 0 bridgehead atoms. The van der Waals surface area contributed by atoms with Crippen LogP contribution in [0.4, 0.5) is 0 Å². The number of hydrogen-bond donors (Lipinski definition) is 2. The Bertz CT molecular complexity index is 188. The van der Waals surface area contributed by atoms with Crippen molar-refractivity contribution in [3.8, 4) is 0 Å². The van der Waals surface area contributed by atoms with E-state index in [0.29, 0.717) is 6.42 Å². The summed E-state index contributed by atoms with van der Waals surface area (Å²) in [5.74, 6) is -1.30. The number of aliphatic carboxylic acids is 1. The topological polar surface area (TPSA) is 57.5 Å². The van der Waals surface area contributed by atoms with Crippen LogP contribution in [0.1, 0.15) is 19.3 Å². The predicted molar refractivity (Wildman–Crippen MR) is 44.7 cm³/mol. The standard InChI is InChI=1S/C9H14O3/c1-2-8(10)6-4-3-5-7(6)9(11)12/h2,6-8,10H,1,3-5H2,(H,11,12)/t6-,7-,8?/m0/s1. The minimum atomic E-state index is -0.793. The molecule has 68 valence electrons. The van der Waals surface area contributed by atoms with E-state index in [2.05, 4.69) is 6.58 Å². The fourth-order valence-electron chi connectivity index (χ4n) is 1.88. The molecule has 1 fully saturated rings. The van der Waals surface area contributed by atoms with Crippen molar-refractivity contribution < 1.29 is 15.0 Å². The van der Waals surface area contributed by atoms with E-state index in [1.165, 1.54) is 6.08 Å². The monoisotopic (exact) mass is 170 g/mol. The minimum Gasteiger partial charge on any atom is -0.481 e. The summed E-state index contributed by atoms with van der Waals surface area (Å²) in [4.78, 5) is 10.7. The van der Waals surface area contributed by atoms with Crippen LogP contribution in [0, 0.1) is 11.8 Å². The first kappa shape index (κ1) is 9.26. The van der Waals surface area contributed by atoms with Crippen LogP contribution in [0.25, 0.3) is 0 Å². The van der Waals surface area contributed by atoms with Gasteiger partial charge in [-0.25, -0.2) is 0 Å². The second kappa shape index (κ2) is 3.72. The highest BCUT2D eigenvalue weighted by atomic mass is 16.4. The van der Waals surface area contributed by atoms with E-state index in [4.69, 9.17) is 5.11 Å². The van der Waals surface area contributed by atoms with E-state index in [9.17, 15) is 9.90 Å². The van der Waals surface area contributed by atoms with Crippen LogP contribution in [0.3, 0.4) is 0 Å². The lowest BCUT2D eigenvalue weighted by Gasteiger charge is -2.18. The number of rotatable bonds is 3. The molecule has 0 aromatic carbocycles. The van der Waals surface area contributed by atoms with Gasteiger partial charge in [0.25, 0.3) is 0 Å². The highest BCUT2D eigenvalue weighted by Gasteiger charge is 2.36. The number of hydrogen-bond acceptors (Lipinski definition) is 2. The number of carboxylic acids is 1. The maximum atomic E-state index is 10.7. The van der Waals surface area contributed by atoms with Crippen molar-refractivity contribution in [3.63, 3.8) is 0 Å². The summed E-state index contributed by atoms with van der Waals surface area (Å²) in [6, 6.07) is 0. The third-order valence-electron chi connectivity index (χ3n) is 2.57. The molecule has 0 amide bonds. The molecule has 0 aliphatic heterocycles. The summed E-state index contributed by atoms with van der Waals surface area (Å²) >= 11 is 0. The third kappa shape index (κ3) is 1.67. The van der Waals surface area contributed by atoms with Crippen LogP contribution in [0.5, 0.6) is 0 Å². The first-order chi connectivity index (χ1) is 5.66. The molecule has 1 aliphatic rings. The fraction of sp³-hybridized carbons (Fsp3) is 0.667. The first-order valence-electron chi connectivity index (χ1n) is 4.20. The van der Waals surface area contributed by atoms with E-state index in [0.717, 1.165) is 12.8 Å². The molecule has 12 heavy (non-hydrogen) atoms. The molecule has 0 spiro atoms. The summed E-state index contributed by atoms with van der Waals surface area (Å²) in [6.07, 6.45) is 3.14. The fourth-order valence-corrected chi connectivity index (χ4v) is 1.88. The molecule has 3 heteroatoms. The van der Waals surface area contributed by atoms with Crippen LogP contribution in [0.15, 0.2) is 12.7 Å². The largest absolute Gasteiger partial charge is 0.481 e. The summed E-state index contributed by atoms with van der Waals surface area (Å²) in [5.41, 5.74) is 0. The van der Waals surface area contributed by atoms with Crippen molar-refractivity contribution in [2.45, 2.75) is 25.4 Å². The van der Waals surface area contributed by atoms with Crippen molar-refractivity contribution in [2.24, 2.45) is 11.8 Å².